The van der Waals surface area contributed by atoms with E-state index in [2.05, 4.69) is 26.9 Å². The minimum Gasteiger partial charge on any atom is -0.492 e. The molecule has 2 aromatic carbocycles. The van der Waals surface area contributed by atoms with Crippen molar-refractivity contribution in [3.8, 4) is 18.1 Å². The Morgan fingerprint density at radius 1 is 1.18 bits per heavy atom. The minimum absolute atomic E-state index is 0. The lowest BCUT2D eigenvalue weighted by Gasteiger charge is -2.13. The van der Waals surface area contributed by atoms with Crippen LogP contribution in [0.15, 0.2) is 53.5 Å². The zero-order valence-corrected chi connectivity index (χ0v) is 18.3. The van der Waals surface area contributed by atoms with Crippen molar-refractivity contribution >= 4 is 41.5 Å². The molecule has 6 nitrogen and oxygen atoms in total. The van der Waals surface area contributed by atoms with Crippen LogP contribution in [0.4, 0.5) is 5.69 Å². The SMILES string of the molecule is C#Cc1cccc(NC(=O)CNC(=NC)NCCOc2ccc(C)cc2)c1.I. The molecular weight excluding hydrogens is 467 g/mol. The number of carbonyl (C=O) groups excluding carboxylic acids is 1. The van der Waals surface area contributed by atoms with Crippen molar-refractivity contribution < 1.29 is 9.53 Å². The van der Waals surface area contributed by atoms with Crippen molar-refractivity contribution in [2.24, 2.45) is 4.99 Å². The fraction of sp³-hybridized carbons (Fsp3) is 0.238. The first-order valence-electron chi connectivity index (χ1n) is 8.61. The van der Waals surface area contributed by atoms with Crippen molar-refractivity contribution in [1.82, 2.24) is 10.6 Å². The maximum atomic E-state index is 12.0. The van der Waals surface area contributed by atoms with Gasteiger partial charge in [0, 0.05) is 18.3 Å². The van der Waals surface area contributed by atoms with Gasteiger partial charge in [-0.1, -0.05) is 29.7 Å². The summed E-state index contributed by atoms with van der Waals surface area (Å²) in [4.78, 5) is 16.1. The Labute approximate surface area is 183 Å². The van der Waals surface area contributed by atoms with Gasteiger partial charge in [-0.25, -0.2) is 0 Å². The predicted molar refractivity (Wildman–Crippen MR) is 124 cm³/mol. The zero-order valence-electron chi connectivity index (χ0n) is 16.0. The standard InChI is InChI=1S/C21H24N4O2.HI/c1-4-17-6-5-7-18(14-17)25-20(26)15-24-21(22-3)23-12-13-27-19-10-8-16(2)9-11-19;/h1,5-11,14H,12-13,15H2,2-3H3,(H,25,26)(H2,22,23,24);1H. The van der Waals surface area contributed by atoms with Gasteiger partial charge in [-0.05, 0) is 37.3 Å². The smallest absolute Gasteiger partial charge is 0.243 e. The van der Waals surface area contributed by atoms with Crippen LogP contribution in [-0.2, 0) is 4.79 Å². The highest BCUT2D eigenvalue weighted by molar-refractivity contribution is 14.0. The van der Waals surface area contributed by atoms with E-state index in [-0.39, 0.29) is 36.4 Å². The number of aliphatic imine (C=N–C) groups is 1. The van der Waals surface area contributed by atoms with Crippen LogP contribution in [0.5, 0.6) is 5.75 Å². The van der Waals surface area contributed by atoms with Gasteiger partial charge in [-0.2, -0.15) is 0 Å². The number of terminal acetylenes is 1. The summed E-state index contributed by atoms with van der Waals surface area (Å²) < 4.78 is 5.64. The minimum atomic E-state index is -0.192. The predicted octanol–water partition coefficient (Wildman–Crippen LogP) is 2.78. The summed E-state index contributed by atoms with van der Waals surface area (Å²) in [5, 5.41) is 8.84. The maximum Gasteiger partial charge on any atom is 0.243 e. The summed E-state index contributed by atoms with van der Waals surface area (Å²) in [6, 6.07) is 15.0. The third-order valence-corrected chi connectivity index (χ3v) is 3.64. The third-order valence-electron chi connectivity index (χ3n) is 3.64. The normalized spacial score (nSPS) is 10.2. The third kappa shape index (κ3) is 8.31. The molecule has 0 aliphatic rings. The molecule has 3 N–H and O–H groups in total. The van der Waals surface area contributed by atoms with E-state index in [1.807, 2.05) is 31.2 Å². The lowest BCUT2D eigenvalue weighted by Crippen LogP contribution is -2.42. The number of nitrogens with zero attached hydrogens (tertiary/aromatic N) is 1. The van der Waals surface area contributed by atoms with Crippen molar-refractivity contribution in [3.05, 3.63) is 59.7 Å². The summed E-state index contributed by atoms with van der Waals surface area (Å²) in [5.41, 5.74) is 2.56. The first-order chi connectivity index (χ1) is 13.1. The van der Waals surface area contributed by atoms with E-state index in [1.165, 1.54) is 5.56 Å². The molecule has 0 unspecified atom stereocenters. The van der Waals surface area contributed by atoms with Crippen molar-refractivity contribution in [2.75, 3.05) is 32.1 Å². The summed E-state index contributed by atoms with van der Waals surface area (Å²) >= 11 is 0. The number of nitrogens with one attached hydrogen (secondary N) is 3. The van der Waals surface area contributed by atoms with Gasteiger partial charge >= 0.3 is 0 Å². The van der Waals surface area contributed by atoms with Gasteiger partial charge in [0.15, 0.2) is 5.96 Å². The number of anilines is 1. The molecule has 28 heavy (non-hydrogen) atoms. The van der Waals surface area contributed by atoms with Gasteiger partial charge < -0.3 is 20.7 Å². The van der Waals surface area contributed by atoms with E-state index in [1.54, 1.807) is 31.3 Å². The van der Waals surface area contributed by atoms with Crippen LogP contribution in [0.25, 0.3) is 0 Å². The van der Waals surface area contributed by atoms with Crippen LogP contribution in [-0.4, -0.2) is 38.6 Å². The largest absolute Gasteiger partial charge is 0.492 e. The quantitative estimate of drug-likeness (QED) is 0.183. The Hall–Kier alpha value is -2.73. The lowest BCUT2D eigenvalue weighted by molar-refractivity contribution is -0.115. The molecule has 0 fully saturated rings. The first-order valence-corrected chi connectivity index (χ1v) is 8.61. The monoisotopic (exact) mass is 492 g/mol. The number of ether oxygens (including phenoxy) is 1. The number of guanidine groups is 1. The van der Waals surface area contributed by atoms with Gasteiger partial charge in [0.1, 0.15) is 12.4 Å². The molecule has 2 rings (SSSR count). The molecule has 0 radical (unpaired) electrons. The molecular formula is C21H25IN4O2. The fourth-order valence-electron chi connectivity index (χ4n) is 2.25. The lowest BCUT2D eigenvalue weighted by atomic mass is 10.2. The molecule has 0 bridgehead atoms. The Balaban J connectivity index is 0.00000392. The highest BCUT2D eigenvalue weighted by atomic mass is 127. The van der Waals surface area contributed by atoms with Crippen LogP contribution in [0.3, 0.4) is 0 Å². The number of rotatable bonds is 7. The molecule has 0 aromatic heterocycles. The zero-order chi connectivity index (χ0) is 19.5. The first kappa shape index (κ1) is 23.3. The number of hydrogen-bond acceptors (Lipinski definition) is 3. The van der Waals surface area contributed by atoms with Gasteiger partial charge in [0.05, 0.1) is 13.1 Å². The van der Waals surface area contributed by atoms with E-state index < -0.39 is 0 Å². The number of hydrogen-bond donors (Lipinski definition) is 3. The van der Waals surface area contributed by atoms with Crippen LogP contribution < -0.4 is 20.7 Å². The molecule has 0 saturated heterocycles. The second-order valence-corrected chi connectivity index (χ2v) is 5.79. The maximum absolute atomic E-state index is 12.0. The highest BCUT2D eigenvalue weighted by Crippen LogP contribution is 2.11. The fourth-order valence-corrected chi connectivity index (χ4v) is 2.25. The molecule has 0 aliphatic heterocycles. The van der Waals surface area contributed by atoms with Crippen LogP contribution in [0.1, 0.15) is 11.1 Å². The van der Waals surface area contributed by atoms with E-state index >= 15 is 0 Å². The second-order valence-electron chi connectivity index (χ2n) is 5.79. The average molecular weight is 492 g/mol. The summed E-state index contributed by atoms with van der Waals surface area (Å²) in [6.45, 7) is 3.15. The van der Waals surface area contributed by atoms with Gasteiger partial charge in [-0.3, -0.25) is 9.79 Å². The summed E-state index contributed by atoms with van der Waals surface area (Å²) in [6.07, 6.45) is 5.36. The Morgan fingerprint density at radius 2 is 1.93 bits per heavy atom. The van der Waals surface area contributed by atoms with E-state index in [0.29, 0.717) is 30.4 Å². The van der Waals surface area contributed by atoms with Crippen LogP contribution in [0.2, 0.25) is 0 Å². The van der Waals surface area contributed by atoms with Crippen molar-refractivity contribution in [2.45, 2.75) is 6.92 Å². The highest BCUT2D eigenvalue weighted by Gasteiger charge is 2.05. The van der Waals surface area contributed by atoms with Crippen molar-refractivity contribution in [1.29, 1.82) is 0 Å². The Bertz CT molecular complexity index is 829. The van der Waals surface area contributed by atoms with Crippen molar-refractivity contribution in [3.63, 3.8) is 0 Å². The van der Waals surface area contributed by atoms with Gasteiger partial charge in [-0.15, -0.1) is 30.4 Å². The van der Waals surface area contributed by atoms with Gasteiger partial charge in [0.2, 0.25) is 5.91 Å². The number of benzene rings is 2. The Morgan fingerprint density at radius 3 is 2.61 bits per heavy atom. The molecule has 148 valence electrons. The number of amides is 1. The molecule has 2 aromatic rings. The second kappa shape index (κ2) is 12.6. The van der Waals surface area contributed by atoms with Crippen LogP contribution in [0, 0.1) is 19.3 Å². The van der Waals surface area contributed by atoms with Crippen LogP contribution >= 0.6 is 24.0 Å². The molecule has 1 amide bonds. The number of halogens is 1. The Kier molecular flexibility index (Phi) is 10.5. The molecule has 0 heterocycles. The molecule has 0 atom stereocenters. The van der Waals surface area contributed by atoms with E-state index in [0.717, 1.165) is 5.75 Å². The van der Waals surface area contributed by atoms with Gasteiger partial charge in [0.25, 0.3) is 0 Å². The summed E-state index contributed by atoms with van der Waals surface area (Å²) in [7, 11) is 1.64. The molecule has 7 heteroatoms. The molecule has 0 saturated carbocycles. The van der Waals surface area contributed by atoms with E-state index in [4.69, 9.17) is 11.2 Å². The number of carbonyl (C=O) groups is 1. The molecule has 0 spiro atoms. The average Bonchev–Trinajstić information content (AvgIpc) is 2.69. The van der Waals surface area contributed by atoms with E-state index in [9.17, 15) is 4.79 Å². The topological polar surface area (TPSA) is 74.8 Å². The summed E-state index contributed by atoms with van der Waals surface area (Å²) in [5.74, 6) is 3.69. The number of aryl methyl sites for hydroxylation is 1. The molecule has 0 aliphatic carbocycles.